The van der Waals surface area contributed by atoms with Crippen molar-refractivity contribution in [2.75, 3.05) is 4.90 Å². The first kappa shape index (κ1) is 28.8. The second-order valence-electron chi connectivity index (χ2n) is 10.7. The molecule has 5 rings (SSSR count). The van der Waals surface area contributed by atoms with Gasteiger partial charge in [-0.05, 0) is 55.2 Å². The van der Waals surface area contributed by atoms with Gasteiger partial charge in [-0.25, -0.2) is 8.78 Å². The first-order valence-electron chi connectivity index (χ1n) is 13.9. The van der Waals surface area contributed by atoms with Crippen molar-refractivity contribution in [3.63, 3.8) is 0 Å². The van der Waals surface area contributed by atoms with Gasteiger partial charge in [0.15, 0.2) is 0 Å². The van der Waals surface area contributed by atoms with Crippen LogP contribution in [0.5, 0.6) is 0 Å². The van der Waals surface area contributed by atoms with Crippen molar-refractivity contribution in [3.8, 4) is 0 Å². The summed E-state index contributed by atoms with van der Waals surface area (Å²) in [6.07, 6.45) is 4.33. The van der Waals surface area contributed by atoms with E-state index < -0.39 is 47.2 Å². The number of hydrogen-bond donors (Lipinski definition) is 1. The van der Waals surface area contributed by atoms with Gasteiger partial charge in [0.2, 0.25) is 11.8 Å². The highest BCUT2D eigenvalue weighted by atomic mass is 32.2. The van der Waals surface area contributed by atoms with E-state index in [1.807, 2.05) is 59.5 Å². The lowest BCUT2D eigenvalue weighted by Crippen LogP contribution is -2.60. The highest BCUT2D eigenvalue weighted by Gasteiger charge is 2.47. The lowest BCUT2D eigenvalue weighted by Gasteiger charge is -2.41. The number of fused-ring (bicyclic) bond motifs is 1. The van der Waals surface area contributed by atoms with Crippen LogP contribution in [0.2, 0.25) is 0 Å². The summed E-state index contributed by atoms with van der Waals surface area (Å²) in [6.45, 7) is 1.50. The molecule has 1 fully saturated rings. The molecule has 0 bridgehead atoms. The molecule has 2 aliphatic rings. The molecule has 0 spiro atoms. The Balaban J connectivity index is 1.66. The zero-order chi connectivity index (χ0) is 29.1. The molecule has 1 saturated carbocycles. The predicted molar refractivity (Wildman–Crippen MR) is 155 cm³/mol. The summed E-state index contributed by atoms with van der Waals surface area (Å²) in [6, 6.07) is 17.7. The number of hydrogen-bond acceptors (Lipinski definition) is 4. The third-order valence-electron chi connectivity index (χ3n) is 7.92. The Hall–Kier alpha value is -3.72. The fourth-order valence-electron chi connectivity index (χ4n) is 5.95. The third kappa shape index (κ3) is 6.15. The number of nitrogens with two attached hydrogens (primary N) is 1. The normalized spacial score (nSPS) is 20.2. The van der Waals surface area contributed by atoms with Crippen molar-refractivity contribution >= 4 is 35.2 Å². The van der Waals surface area contributed by atoms with Gasteiger partial charge in [0.25, 0.3) is 5.91 Å². The minimum Gasteiger partial charge on any atom is -0.368 e. The summed E-state index contributed by atoms with van der Waals surface area (Å²) in [5, 5.41) is -0.576. The Labute approximate surface area is 242 Å². The van der Waals surface area contributed by atoms with Gasteiger partial charge in [0, 0.05) is 17.0 Å². The lowest BCUT2D eigenvalue weighted by molar-refractivity contribution is -0.145. The molecule has 214 valence electrons. The predicted octanol–water partition coefficient (Wildman–Crippen LogP) is 5.79. The first-order chi connectivity index (χ1) is 19.7. The molecule has 6 nitrogen and oxygen atoms in total. The van der Waals surface area contributed by atoms with Gasteiger partial charge in [-0.3, -0.25) is 14.4 Å². The van der Waals surface area contributed by atoms with Crippen molar-refractivity contribution in [1.29, 1.82) is 0 Å². The van der Waals surface area contributed by atoms with Crippen LogP contribution in [0.25, 0.3) is 0 Å². The minimum atomic E-state index is -1.16. The number of para-hydroxylation sites is 1. The fourth-order valence-corrected chi connectivity index (χ4v) is 7.34. The van der Waals surface area contributed by atoms with E-state index >= 15 is 0 Å². The smallest absolute Gasteiger partial charge is 0.251 e. The van der Waals surface area contributed by atoms with Gasteiger partial charge in [0.1, 0.15) is 23.7 Å². The molecule has 2 N–H and O–H groups in total. The highest BCUT2D eigenvalue weighted by Crippen LogP contribution is 2.49. The Morgan fingerprint density at radius 2 is 1.61 bits per heavy atom. The molecule has 0 unspecified atom stereocenters. The summed E-state index contributed by atoms with van der Waals surface area (Å²) in [7, 11) is 0. The van der Waals surface area contributed by atoms with Crippen LogP contribution in [0, 0.1) is 11.6 Å². The number of amides is 3. The molecular weight excluding hydrogens is 544 g/mol. The third-order valence-corrected chi connectivity index (χ3v) is 9.30. The number of thioether (sulfide) groups is 1. The molecular formula is C32H33F2N3O3S. The number of nitrogens with zero attached hydrogens (tertiary/aromatic N) is 2. The number of carbonyl (C=O) groups is 3. The van der Waals surface area contributed by atoms with Crippen molar-refractivity contribution in [2.45, 2.75) is 73.7 Å². The molecule has 0 radical (unpaired) electrons. The fraction of sp³-hybridized carbons (Fsp3) is 0.344. The molecule has 3 aromatic rings. The molecule has 3 atom stereocenters. The summed E-state index contributed by atoms with van der Waals surface area (Å²) in [5.74, 6) is -3.32. The second-order valence-corrected chi connectivity index (χ2v) is 11.9. The Kier molecular flexibility index (Phi) is 8.73. The van der Waals surface area contributed by atoms with Crippen LogP contribution >= 0.6 is 11.8 Å². The molecule has 1 aliphatic heterocycles. The van der Waals surface area contributed by atoms with E-state index in [2.05, 4.69) is 0 Å². The van der Waals surface area contributed by atoms with Gasteiger partial charge in [-0.2, -0.15) is 0 Å². The molecule has 3 aromatic carbocycles. The summed E-state index contributed by atoms with van der Waals surface area (Å²) >= 11 is 1.47. The number of carbonyl (C=O) groups excluding carboxylic acids is 3. The number of halogens is 2. The molecule has 9 heteroatoms. The van der Waals surface area contributed by atoms with Crippen molar-refractivity contribution in [1.82, 2.24) is 4.90 Å². The van der Waals surface area contributed by atoms with E-state index in [-0.39, 0.29) is 17.5 Å². The van der Waals surface area contributed by atoms with Crippen molar-refractivity contribution in [2.24, 2.45) is 5.73 Å². The van der Waals surface area contributed by atoms with Crippen LogP contribution in [-0.2, 0) is 20.8 Å². The van der Waals surface area contributed by atoms with Crippen LogP contribution in [0.3, 0.4) is 0 Å². The summed E-state index contributed by atoms with van der Waals surface area (Å²) < 4.78 is 28.1. The van der Waals surface area contributed by atoms with Crippen molar-refractivity contribution in [3.05, 3.63) is 95.6 Å². The standard InChI is InChI=1S/C32H33F2N3O3S/c1-20(31(35)39)36(28(38)18-21-16-23(33)19-24(34)17-21)29-30(22-10-4-2-5-11-22)41-27-15-9-8-14-26(27)37(32(29)40)25-12-6-3-7-13-25/h2,4-5,8-11,14-17,19-20,25,29-30H,3,6-7,12-13,18H2,1H3,(H2,35,39)/t20-,29-,30+/m0/s1. The van der Waals surface area contributed by atoms with Gasteiger partial charge >= 0.3 is 0 Å². The van der Waals surface area contributed by atoms with Crippen LogP contribution in [0.1, 0.15) is 55.4 Å². The van der Waals surface area contributed by atoms with E-state index in [0.717, 1.165) is 66.4 Å². The zero-order valence-corrected chi connectivity index (χ0v) is 23.7. The lowest BCUT2D eigenvalue weighted by atomic mass is 9.92. The van der Waals surface area contributed by atoms with E-state index in [0.29, 0.717) is 0 Å². The zero-order valence-electron chi connectivity index (χ0n) is 22.8. The Morgan fingerprint density at radius 1 is 0.976 bits per heavy atom. The van der Waals surface area contributed by atoms with E-state index in [4.69, 9.17) is 5.73 Å². The van der Waals surface area contributed by atoms with E-state index in [1.165, 1.54) is 23.6 Å². The molecule has 0 aromatic heterocycles. The molecule has 3 amide bonds. The summed E-state index contributed by atoms with van der Waals surface area (Å²) in [4.78, 5) is 45.6. The van der Waals surface area contributed by atoms with E-state index in [9.17, 15) is 23.2 Å². The average molecular weight is 578 g/mol. The van der Waals surface area contributed by atoms with Crippen molar-refractivity contribution < 1.29 is 23.2 Å². The van der Waals surface area contributed by atoms with E-state index in [1.54, 1.807) is 0 Å². The maximum Gasteiger partial charge on any atom is 0.251 e. The monoisotopic (exact) mass is 577 g/mol. The van der Waals surface area contributed by atoms with Gasteiger partial charge < -0.3 is 15.5 Å². The Bertz CT molecular complexity index is 1410. The number of anilines is 1. The number of benzene rings is 3. The molecule has 41 heavy (non-hydrogen) atoms. The van der Waals surface area contributed by atoms with Gasteiger partial charge in [-0.1, -0.05) is 61.7 Å². The minimum absolute atomic E-state index is 0.0619. The Morgan fingerprint density at radius 3 is 2.27 bits per heavy atom. The van der Waals surface area contributed by atoms with Gasteiger partial charge in [-0.15, -0.1) is 11.8 Å². The average Bonchev–Trinajstić information content (AvgIpc) is 3.07. The van der Waals surface area contributed by atoms with Gasteiger partial charge in [0.05, 0.1) is 17.4 Å². The van der Waals surface area contributed by atoms with Crippen LogP contribution < -0.4 is 10.6 Å². The van der Waals surface area contributed by atoms with Crippen LogP contribution in [0.15, 0.2) is 77.7 Å². The summed E-state index contributed by atoms with van der Waals surface area (Å²) in [5.41, 5.74) is 7.46. The number of rotatable bonds is 7. The topological polar surface area (TPSA) is 83.7 Å². The van der Waals surface area contributed by atoms with Crippen LogP contribution in [0.4, 0.5) is 14.5 Å². The largest absolute Gasteiger partial charge is 0.368 e. The quantitative estimate of drug-likeness (QED) is 0.385. The maximum atomic E-state index is 14.9. The first-order valence-corrected chi connectivity index (χ1v) is 14.8. The second kappa shape index (κ2) is 12.4. The number of primary amides is 1. The SMILES string of the molecule is C[C@@H](C(N)=O)N(C(=O)Cc1cc(F)cc(F)c1)[C@@H]1C(=O)N(C2CCCCC2)c2ccccc2S[C@@H]1c1ccccc1. The molecule has 0 saturated heterocycles. The molecule has 1 aliphatic carbocycles. The van der Waals surface area contributed by atoms with Crippen LogP contribution in [-0.4, -0.2) is 40.7 Å². The molecule has 1 heterocycles. The highest BCUT2D eigenvalue weighted by molar-refractivity contribution is 7.99. The maximum absolute atomic E-state index is 14.9.